The number of hydrogen-bond acceptors (Lipinski definition) is 5. The van der Waals surface area contributed by atoms with Crippen LogP contribution in [0.15, 0.2) is 30.5 Å². The number of hydrogen-bond donors (Lipinski definition) is 0. The summed E-state index contributed by atoms with van der Waals surface area (Å²) in [5.74, 6) is 0. The van der Waals surface area contributed by atoms with Crippen LogP contribution in [0.3, 0.4) is 0 Å². The Bertz CT molecular complexity index is 656. The van der Waals surface area contributed by atoms with Crippen LogP contribution in [-0.2, 0) is 0 Å². The van der Waals surface area contributed by atoms with E-state index in [0.717, 1.165) is 37.1 Å². The minimum absolute atomic E-state index is 0. The van der Waals surface area contributed by atoms with Crippen LogP contribution in [0.4, 0.5) is 11.4 Å². The third-order valence-electron chi connectivity index (χ3n) is 3.74. The van der Waals surface area contributed by atoms with Crippen molar-refractivity contribution in [1.82, 2.24) is 9.88 Å². The van der Waals surface area contributed by atoms with E-state index in [0.29, 0.717) is 5.69 Å². The molecule has 1 aliphatic heterocycles. The van der Waals surface area contributed by atoms with Crippen molar-refractivity contribution in [2.45, 2.75) is 0 Å². The summed E-state index contributed by atoms with van der Waals surface area (Å²) >= 11 is 0. The van der Waals surface area contributed by atoms with Gasteiger partial charge in [-0.1, -0.05) is 18.2 Å². The molecular weight excluding hydrogens is 292 g/mol. The van der Waals surface area contributed by atoms with Crippen LogP contribution >= 0.6 is 0 Å². The Morgan fingerprint density at radius 3 is 2.52 bits per heavy atom. The van der Waals surface area contributed by atoms with Gasteiger partial charge in [-0.2, -0.15) is 0 Å². The lowest BCUT2D eigenvalue weighted by atomic mass is 10.1. The van der Waals surface area contributed by atoms with Crippen molar-refractivity contribution in [3.8, 4) is 0 Å². The normalized spacial score (nSPS) is 15.8. The van der Waals surface area contributed by atoms with Gasteiger partial charge in [-0.05, 0) is 13.1 Å². The zero-order chi connectivity index (χ0) is 14.1. The summed E-state index contributed by atoms with van der Waals surface area (Å²) in [5.41, 5.74) is 1.59. The Labute approximate surface area is 128 Å². The minimum atomic E-state index is -0.340. The molecule has 0 spiro atoms. The van der Waals surface area contributed by atoms with E-state index in [1.54, 1.807) is 0 Å². The van der Waals surface area contributed by atoms with Gasteiger partial charge in [0.05, 0.1) is 10.4 Å². The molecule has 0 amide bonds. The molecule has 1 aliphatic rings. The van der Waals surface area contributed by atoms with Crippen molar-refractivity contribution in [2.24, 2.45) is 0 Å². The highest BCUT2D eigenvalue weighted by atomic mass is 35.5. The van der Waals surface area contributed by atoms with Crippen LogP contribution in [0.5, 0.6) is 0 Å². The van der Waals surface area contributed by atoms with E-state index in [9.17, 15) is 10.1 Å². The highest BCUT2D eigenvalue weighted by molar-refractivity contribution is 5.96. The highest BCUT2D eigenvalue weighted by Crippen LogP contribution is 2.35. The lowest BCUT2D eigenvalue weighted by Gasteiger charge is -2.34. The molecule has 2 aromatic rings. The number of likely N-dealkylation sites (N-methyl/N-ethyl adjacent to an activating group) is 1. The fraction of sp³-hybridized carbons (Fsp3) is 0.357. The van der Waals surface area contributed by atoms with Crippen LogP contribution < -0.4 is 17.3 Å². The van der Waals surface area contributed by atoms with E-state index >= 15 is 0 Å². The predicted octanol–water partition coefficient (Wildman–Crippen LogP) is -1.10. The monoisotopic (exact) mass is 307 g/mol. The third kappa shape index (κ3) is 2.91. The second-order valence-electron chi connectivity index (χ2n) is 5.06. The first-order chi connectivity index (χ1) is 9.66. The average Bonchev–Trinajstić information content (AvgIpc) is 2.47. The van der Waals surface area contributed by atoms with E-state index in [1.165, 1.54) is 6.20 Å². The first kappa shape index (κ1) is 15.5. The lowest BCUT2D eigenvalue weighted by molar-refractivity contribution is -0.384. The Hall–Kier alpha value is -1.92. The van der Waals surface area contributed by atoms with Gasteiger partial charge < -0.3 is 22.2 Å². The number of piperazine rings is 1. The minimum Gasteiger partial charge on any atom is -1.00 e. The molecule has 0 radical (unpaired) electrons. The fourth-order valence-corrected chi connectivity index (χ4v) is 2.61. The topological polar surface area (TPSA) is 62.5 Å². The summed E-state index contributed by atoms with van der Waals surface area (Å²) in [6.45, 7) is 3.41. The van der Waals surface area contributed by atoms with E-state index in [-0.39, 0.29) is 23.0 Å². The van der Waals surface area contributed by atoms with Gasteiger partial charge in [-0.15, -0.1) is 0 Å². The molecule has 1 aromatic heterocycles. The molecule has 0 aliphatic carbocycles. The number of nitrogens with zero attached hydrogens (tertiary/aromatic N) is 4. The molecule has 3 rings (SSSR count). The fourth-order valence-electron chi connectivity index (χ4n) is 2.61. The maximum Gasteiger partial charge on any atom is 0.311 e. The number of rotatable bonds is 2. The van der Waals surface area contributed by atoms with Crippen LogP contribution in [0, 0.1) is 10.1 Å². The summed E-state index contributed by atoms with van der Waals surface area (Å²) < 4.78 is 0. The Morgan fingerprint density at radius 2 is 1.86 bits per heavy atom. The predicted molar refractivity (Wildman–Crippen MR) is 78.1 cm³/mol. The second-order valence-corrected chi connectivity index (χ2v) is 5.06. The molecule has 0 unspecified atom stereocenters. The molecule has 0 atom stereocenters. The maximum atomic E-state index is 11.3. The van der Waals surface area contributed by atoms with Crippen LogP contribution in [-0.4, -0.2) is 48.0 Å². The zero-order valence-electron chi connectivity index (χ0n) is 11.7. The summed E-state index contributed by atoms with van der Waals surface area (Å²) in [6, 6.07) is 7.59. The molecule has 1 aromatic carbocycles. The Kier molecular flexibility index (Phi) is 4.59. The zero-order valence-corrected chi connectivity index (χ0v) is 12.5. The molecule has 0 bridgehead atoms. The van der Waals surface area contributed by atoms with Gasteiger partial charge in [0.2, 0.25) is 0 Å². The molecular formula is C14H16ClN4O2-. The summed E-state index contributed by atoms with van der Waals surface area (Å²) in [4.78, 5) is 19.5. The van der Waals surface area contributed by atoms with Crippen molar-refractivity contribution < 1.29 is 17.3 Å². The molecule has 0 N–H and O–H groups in total. The van der Waals surface area contributed by atoms with E-state index in [1.807, 2.05) is 24.3 Å². The van der Waals surface area contributed by atoms with Crippen molar-refractivity contribution >= 4 is 22.3 Å². The summed E-state index contributed by atoms with van der Waals surface area (Å²) in [5, 5.41) is 12.2. The van der Waals surface area contributed by atoms with Gasteiger partial charge >= 0.3 is 5.69 Å². The quantitative estimate of drug-likeness (QED) is 0.520. The van der Waals surface area contributed by atoms with Crippen LogP contribution in [0.2, 0.25) is 0 Å². The molecule has 112 valence electrons. The van der Waals surface area contributed by atoms with Gasteiger partial charge in [-0.25, -0.2) is 4.98 Å². The molecule has 2 heterocycles. The summed E-state index contributed by atoms with van der Waals surface area (Å²) in [7, 11) is 2.07. The number of halogens is 1. The van der Waals surface area contributed by atoms with Gasteiger partial charge in [0.25, 0.3) is 0 Å². The van der Waals surface area contributed by atoms with Gasteiger partial charge in [0.1, 0.15) is 11.9 Å². The van der Waals surface area contributed by atoms with Gasteiger partial charge in [0.15, 0.2) is 0 Å². The number of para-hydroxylation sites is 1. The van der Waals surface area contributed by atoms with Crippen LogP contribution in [0.25, 0.3) is 10.9 Å². The Balaban J connectivity index is 0.00000161. The average molecular weight is 308 g/mol. The number of pyridine rings is 1. The molecule has 7 heteroatoms. The third-order valence-corrected chi connectivity index (χ3v) is 3.74. The number of anilines is 1. The van der Waals surface area contributed by atoms with Gasteiger partial charge in [-0.3, -0.25) is 10.1 Å². The number of fused-ring (bicyclic) bond motifs is 1. The first-order valence-corrected chi connectivity index (χ1v) is 6.62. The highest BCUT2D eigenvalue weighted by Gasteiger charge is 2.25. The maximum absolute atomic E-state index is 11.3. The number of nitro groups is 1. The molecule has 1 saturated heterocycles. The standard InChI is InChI=1S/C14H16N4O2.ClH/c1-16-6-8-17(9-7-16)14-11-4-2-3-5-12(11)15-10-13(14)18(19)20;/h2-5,10H,6-9H2,1H3;1H/p-1. The summed E-state index contributed by atoms with van der Waals surface area (Å²) in [6.07, 6.45) is 1.37. The number of benzene rings is 1. The smallest absolute Gasteiger partial charge is 0.311 e. The Morgan fingerprint density at radius 1 is 1.19 bits per heavy atom. The molecule has 6 nitrogen and oxygen atoms in total. The molecule has 0 saturated carbocycles. The van der Waals surface area contributed by atoms with Crippen molar-refractivity contribution in [3.63, 3.8) is 0 Å². The van der Waals surface area contributed by atoms with Crippen molar-refractivity contribution in [1.29, 1.82) is 0 Å². The largest absolute Gasteiger partial charge is 1.00 e. The van der Waals surface area contributed by atoms with E-state index in [4.69, 9.17) is 0 Å². The van der Waals surface area contributed by atoms with Crippen molar-refractivity contribution in [2.75, 3.05) is 38.1 Å². The van der Waals surface area contributed by atoms with Crippen LogP contribution in [0.1, 0.15) is 0 Å². The van der Waals surface area contributed by atoms with E-state index in [2.05, 4.69) is 21.8 Å². The second kappa shape index (κ2) is 6.24. The SMILES string of the molecule is CN1CCN(c2c([N+](=O)[O-])cnc3ccccc23)CC1.[Cl-]. The first-order valence-electron chi connectivity index (χ1n) is 6.62. The number of aromatic nitrogens is 1. The van der Waals surface area contributed by atoms with Crippen molar-refractivity contribution in [3.05, 3.63) is 40.6 Å². The molecule has 21 heavy (non-hydrogen) atoms. The molecule has 1 fully saturated rings. The van der Waals surface area contributed by atoms with Gasteiger partial charge in [0, 0.05) is 31.6 Å². The lowest BCUT2D eigenvalue weighted by Crippen LogP contribution is -3.00. The van der Waals surface area contributed by atoms with E-state index < -0.39 is 0 Å².